The van der Waals surface area contributed by atoms with Crippen molar-refractivity contribution in [2.75, 3.05) is 0 Å². The van der Waals surface area contributed by atoms with E-state index in [2.05, 4.69) is 21.2 Å². The van der Waals surface area contributed by atoms with Gasteiger partial charge in [-0.15, -0.1) is 0 Å². The van der Waals surface area contributed by atoms with Gasteiger partial charge in [-0.05, 0) is 23.8 Å². The first-order valence-corrected chi connectivity index (χ1v) is 7.40. The van der Waals surface area contributed by atoms with Crippen LogP contribution in [0, 0.1) is 11.6 Å². The number of halogens is 3. The fourth-order valence-corrected chi connectivity index (χ4v) is 2.45. The van der Waals surface area contributed by atoms with Gasteiger partial charge in [-0.1, -0.05) is 40.2 Å². The average molecular weight is 384 g/mol. The number of aliphatic carboxylic acids is 1. The normalized spacial score (nSPS) is 11.8. The molecule has 1 atom stereocenters. The molecule has 2 aromatic rings. The summed E-state index contributed by atoms with van der Waals surface area (Å²) in [5.74, 6) is -4.74. The molecule has 0 saturated heterocycles. The second-order valence-electron chi connectivity index (χ2n) is 4.76. The third-order valence-corrected chi connectivity index (χ3v) is 3.96. The van der Waals surface area contributed by atoms with Gasteiger partial charge in [-0.25, -0.2) is 13.6 Å². The Hall–Kier alpha value is -2.28. The minimum absolute atomic E-state index is 0.000564. The highest BCUT2D eigenvalue weighted by molar-refractivity contribution is 9.10. The SMILES string of the molecule is O=C(N[C@H](Cc1ccccc1Br)C(=O)O)c1cccc(F)c1F. The van der Waals surface area contributed by atoms with Crippen molar-refractivity contribution >= 4 is 27.8 Å². The Morgan fingerprint density at radius 2 is 1.83 bits per heavy atom. The number of hydrogen-bond donors (Lipinski definition) is 2. The molecule has 7 heteroatoms. The highest BCUT2D eigenvalue weighted by atomic mass is 79.9. The second-order valence-corrected chi connectivity index (χ2v) is 5.62. The van der Waals surface area contributed by atoms with E-state index < -0.39 is 35.1 Å². The van der Waals surface area contributed by atoms with Crippen molar-refractivity contribution in [3.05, 3.63) is 69.7 Å². The standard InChI is InChI=1S/C16H12BrF2NO3/c17-11-6-2-1-4-9(11)8-13(16(22)23)20-15(21)10-5-3-7-12(18)14(10)19/h1-7,13H,8H2,(H,20,21)(H,22,23)/t13-/m1/s1. The lowest BCUT2D eigenvalue weighted by atomic mass is 10.1. The molecule has 120 valence electrons. The Balaban J connectivity index is 2.20. The van der Waals surface area contributed by atoms with Crippen LogP contribution in [0.3, 0.4) is 0 Å². The Kier molecular flexibility index (Phi) is 5.44. The summed E-state index contributed by atoms with van der Waals surface area (Å²) in [6.45, 7) is 0. The van der Waals surface area contributed by atoms with Crippen LogP contribution in [0.25, 0.3) is 0 Å². The van der Waals surface area contributed by atoms with E-state index in [4.69, 9.17) is 0 Å². The zero-order valence-corrected chi connectivity index (χ0v) is 13.3. The van der Waals surface area contributed by atoms with Crippen molar-refractivity contribution in [2.24, 2.45) is 0 Å². The molecule has 0 bridgehead atoms. The number of benzene rings is 2. The summed E-state index contributed by atoms with van der Waals surface area (Å²) < 4.78 is 27.5. The van der Waals surface area contributed by atoms with E-state index in [-0.39, 0.29) is 6.42 Å². The first-order valence-electron chi connectivity index (χ1n) is 6.61. The zero-order valence-electron chi connectivity index (χ0n) is 11.7. The molecular weight excluding hydrogens is 372 g/mol. The minimum atomic E-state index is -1.31. The molecule has 0 aliphatic carbocycles. The molecule has 0 aliphatic heterocycles. The number of carboxylic acid groups (broad SMARTS) is 1. The van der Waals surface area contributed by atoms with Gasteiger partial charge in [-0.2, -0.15) is 0 Å². The number of nitrogens with one attached hydrogen (secondary N) is 1. The van der Waals surface area contributed by atoms with Gasteiger partial charge in [0.1, 0.15) is 6.04 Å². The topological polar surface area (TPSA) is 66.4 Å². The van der Waals surface area contributed by atoms with Crippen LogP contribution in [0.2, 0.25) is 0 Å². The minimum Gasteiger partial charge on any atom is -0.480 e. The van der Waals surface area contributed by atoms with Crippen molar-refractivity contribution in [3.8, 4) is 0 Å². The van der Waals surface area contributed by atoms with E-state index in [1.165, 1.54) is 6.07 Å². The summed E-state index contributed by atoms with van der Waals surface area (Å²) >= 11 is 3.29. The molecule has 0 aliphatic rings. The Bertz CT molecular complexity index is 752. The van der Waals surface area contributed by atoms with Gasteiger partial charge in [0, 0.05) is 10.9 Å². The molecule has 0 unspecified atom stereocenters. The quantitative estimate of drug-likeness (QED) is 0.833. The maximum atomic E-state index is 13.6. The lowest BCUT2D eigenvalue weighted by molar-refractivity contribution is -0.139. The van der Waals surface area contributed by atoms with E-state index in [1.54, 1.807) is 24.3 Å². The van der Waals surface area contributed by atoms with E-state index in [0.29, 0.717) is 10.0 Å². The predicted molar refractivity (Wildman–Crippen MR) is 83.1 cm³/mol. The summed E-state index contributed by atoms with van der Waals surface area (Å²) in [7, 11) is 0. The zero-order chi connectivity index (χ0) is 17.0. The summed E-state index contributed by atoms with van der Waals surface area (Å²) in [5.41, 5.74) is 0.128. The van der Waals surface area contributed by atoms with Gasteiger partial charge in [0.15, 0.2) is 11.6 Å². The molecular formula is C16H12BrF2NO3. The van der Waals surface area contributed by atoms with Gasteiger partial charge < -0.3 is 10.4 Å². The van der Waals surface area contributed by atoms with Gasteiger partial charge in [-0.3, -0.25) is 4.79 Å². The molecule has 0 saturated carbocycles. The van der Waals surface area contributed by atoms with E-state index >= 15 is 0 Å². The summed E-state index contributed by atoms with van der Waals surface area (Å²) in [6, 6.07) is 8.81. The van der Waals surface area contributed by atoms with E-state index in [0.717, 1.165) is 12.1 Å². The van der Waals surface area contributed by atoms with Crippen molar-refractivity contribution in [2.45, 2.75) is 12.5 Å². The number of carbonyl (C=O) groups excluding carboxylic acids is 1. The van der Waals surface area contributed by atoms with Crippen LogP contribution in [-0.4, -0.2) is 23.0 Å². The molecule has 1 amide bonds. The van der Waals surface area contributed by atoms with Crippen molar-refractivity contribution in [1.29, 1.82) is 0 Å². The van der Waals surface area contributed by atoms with Crippen molar-refractivity contribution in [1.82, 2.24) is 5.32 Å². The maximum Gasteiger partial charge on any atom is 0.326 e. The Morgan fingerprint density at radius 3 is 2.48 bits per heavy atom. The summed E-state index contributed by atoms with van der Waals surface area (Å²) in [4.78, 5) is 23.4. The van der Waals surface area contributed by atoms with E-state index in [9.17, 15) is 23.5 Å². The third-order valence-electron chi connectivity index (χ3n) is 3.18. The van der Waals surface area contributed by atoms with Crippen LogP contribution in [0.15, 0.2) is 46.9 Å². The molecule has 0 radical (unpaired) electrons. The number of hydrogen-bond acceptors (Lipinski definition) is 2. The summed E-state index contributed by atoms with van der Waals surface area (Å²) in [5, 5.41) is 11.5. The lowest BCUT2D eigenvalue weighted by Crippen LogP contribution is -2.42. The molecule has 2 rings (SSSR count). The fraction of sp³-hybridized carbons (Fsp3) is 0.125. The molecule has 0 fully saturated rings. The van der Waals surface area contributed by atoms with Crippen LogP contribution in [0.1, 0.15) is 15.9 Å². The Morgan fingerprint density at radius 1 is 1.13 bits per heavy atom. The lowest BCUT2D eigenvalue weighted by Gasteiger charge is -2.16. The first kappa shape index (κ1) is 17.1. The molecule has 4 nitrogen and oxygen atoms in total. The van der Waals surface area contributed by atoms with Crippen molar-refractivity contribution in [3.63, 3.8) is 0 Å². The first-order chi connectivity index (χ1) is 10.9. The predicted octanol–water partition coefficient (Wildman–Crippen LogP) is 3.15. The maximum absolute atomic E-state index is 13.6. The number of amides is 1. The largest absolute Gasteiger partial charge is 0.480 e. The van der Waals surface area contributed by atoms with Crippen LogP contribution in [0.4, 0.5) is 8.78 Å². The van der Waals surface area contributed by atoms with Crippen LogP contribution in [-0.2, 0) is 11.2 Å². The molecule has 23 heavy (non-hydrogen) atoms. The van der Waals surface area contributed by atoms with Gasteiger partial charge in [0.25, 0.3) is 5.91 Å². The smallest absolute Gasteiger partial charge is 0.326 e. The van der Waals surface area contributed by atoms with Gasteiger partial charge in [0.05, 0.1) is 5.56 Å². The molecule has 2 aromatic carbocycles. The average Bonchev–Trinajstić information content (AvgIpc) is 2.51. The Labute approximate surface area is 139 Å². The molecule has 0 spiro atoms. The highest BCUT2D eigenvalue weighted by Gasteiger charge is 2.24. The highest BCUT2D eigenvalue weighted by Crippen LogP contribution is 2.18. The van der Waals surface area contributed by atoms with Gasteiger partial charge >= 0.3 is 5.97 Å². The second kappa shape index (κ2) is 7.32. The van der Waals surface area contributed by atoms with Gasteiger partial charge in [0.2, 0.25) is 0 Å². The van der Waals surface area contributed by atoms with Crippen LogP contribution < -0.4 is 5.32 Å². The third kappa shape index (κ3) is 4.13. The summed E-state index contributed by atoms with van der Waals surface area (Å²) in [6.07, 6.45) is -0.000564. The number of carboxylic acids is 1. The number of carbonyl (C=O) groups is 2. The molecule has 2 N–H and O–H groups in total. The van der Waals surface area contributed by atoms with E-state index in [1.807, 2.05) is 0 Å². The molecule has 0 heterocycles. The fourth-order valence-electron chi connectivity index (χ4n) is 2.00. The number of rotatable bonds is 5. The molecule has 0 aromatic heterocycles. The monoisotopic (exact) mass is 383 g/mol. The van der Waals surface area contributed by atoms with Crippen molar-refractivity contribution < 1.29 is 23.5 Å². The van der Waals surface area contributed by atoms with Crippen LogP contribution >= 0.6 is 15.9 Å². The van der Waals surface area contributed by atoms with Crippen LogP contribution in [0.5, 0.6) is 0 Å².